The van der Waals surface area contributed by atoms with Gasteiger partial charge in [0.05, 0.1) is 24.1 Å². The SMILES string of the molecule is COc1ccc(N(CC(=O)N(Cc2cccc(Br)c2)[C@@H](C)C(=O)NC2CCCC2)S(C)(=O)=O)cc1Cl. The average Bonchev–Trinajstić information content (AvgIpc) is 3.32. The van der Waals surface area contributed by atoms with Gasteiger partial charge in [-0.3, -0.25) is 13.9 Å². The lowest BCUT2D eigenvalue weighted by atomic mass is 10.1. The van der Waals surface area contributed by atoms with Crippen molar-refractivity contribution in [2.75, 3.05) is 24.2 Å². The molecule has 196 valence electrons. The first-order valence-electron chi connectivity index (χ1n) is 11.6. The van der Waals surface area contributed by atoms with E-state index in [1.54, 1.807) is 6.92 Å². The van der Waals surface area contributed by atoms with Crippen LogP contribution in [0.5, 0.6) is 5.75 Å². The van der Waals surface area contributed by atoms with Crippen LogP contribution in [0, 0.1) is 0 Å². The first kappa shape index (κ1) is 28.3. The molecule has 0 saturated heterocycles. The summed E-state index contributed by atoms with van der Waals surface area (Å²) >= 11 is 9.65. The number of carbonyl (C=O) groups excluding carboxylic acids is 2. The van der Waals surface area contributed by atoms with E-state index in [2.05, 4.69) is 21.2 Å². The third-order valence-electron chi connectivity index (χ3n) is 6.21. The fraction of sp³-hybridized carbons (Fsp3) is 0.440. The van der Waals surface area contributed by atoms with E-state index in [4.69, 9.17) is 16.3 Å². The van der Waals surface area contributed by atoms with Gasteiger partial charge in [0, 0.05) is 17.1 Å². The molecule has 8 nitrogen and oxygen atoms in total. The normalized spacial score (nSPS) is 14.8. The molecule has 1 N–H and O–H groups in total. The van der Waals surface area contributed by atoms with Crippen LogP contribution in [0.25, 0.3) is 0 Å². The molecule has 11 heteroatoms. The van der Waals surface area contributed by atoms with Gasteiger partial charge in [-0.1, -0.05) is 52.5 Å². The molecule has 0 aliphatic heterocycles. The molecule has 0 bridgehead atoms. The zero-order chi connectivity index (χ0) is 26.5. The van der Waals surface area contributed by atoms with Crippen LogP contribution in [0.2, 0.25) is 5.02 Å². The lowest BCUT2D eigenvalue weighted by molar-refractivity contribution is -0.139. The zero-order valence-corrected chi connectivity index (χ0v) is 23.7. The van der Waals surface area contributed by atoms with Crippen molar-refractivity contribution < 1.29 is 22.7 Å². The Balaban J connectivity index is 1.90. The van der Waals surface area contributed by atoms with Crippen LogP contribution in [-0.2, 0) is 26.2 Å². The smallest absolute Gasteiger partial charge is 0.244 e. The van der Waals surface area contributed by atoms with E-state index in [9.17, 15) is 18.0 Å². The van der Waals surface area contributed by atoms with Gasteiger partial charge in [0.15, 0.2) is 0 Å². The number of hydrogen-bond donors (Lipinski definition) is 1. The number of nitrogens with zero attached hydrogens (tertiary/aromatic N) is 2. The molecule has 3 rings (SSSR count). The Morgan fingerprint density at radius 3 is 2.47 bits per heavy atom. The first-order valence-corrected chi connectivity index (χ1v) is 14.7. The van der Waals surface area contributed by atoms with Gasteiger partial charge >= 0.3 is 0 Å². The largest absolute Gasteiger partial charge is 0.495 e. The second-order valence-corrected chi connectivity index (χ2v) is 12.1. The lowest BCUT2D eigenvalue weighted by Gasteiger charge is -2.32. The molecule has 1 saturated carbocycles. The molecule has 0 heterocycles. The number of carbonyl (C=O) groups is 2. The van der Waals surface area contributed by atoms with Gasteiger partial charge < -0.3 is 15.0 Å². The van der Waals surface area contributed by atoms with Gasteiger partial charge in [-0.2, -0.15) is 0 Å². The minimum Gasteiger partial charge on any atom is -0.495 e. The maximum absolute atomic E-state index is 13.6. The van der Waals surface area contributed by atoms with E-state index in [-0.39, 0.29) is 29.2 Å². The Hall–Kier alpha value is -2.30. The molecule has 2 aromatic rings. The molecule has 2 aromatic carbocycles. The molecule has 0 aromatic heterocycles. The quantitative estimate of drug-likeness (QED) is 0.437. The van der Waals surface area contributed by atoms with E-state index >= 15 is 0 Å². The first-order chi connectivity index (χ1) is 17.0. The standard InChI is InChI=1S/C25H31BrClN3O5S/c1-17(25(32)28-20-9-4-5-10-20)29(15-18-7-6-8-19(26)13-18)24(31)16-30(36(3,33)34)21-11-12-23(35-2)22(27)14-21/h6-8,11-14,17,20H,4-5,9-10,15-16H2,1-3H3,(H,28,32)/t17-/m0/s1. The monoisotopic (exact) mass is 599 g/mol. The minimum absolute atomic E-state index is 0.0942. The van der Waals surface area contributed by atoms with Gasteiger partial charge in [-0.05, 0) is 55.7 Å². The third-order valence-corrected chi connectivity index (χ3v) is 8.14. The van der Waals surface area contributed by atoms with Crippen molar-refractivity contribution in [3.8, 4) is 5.75 Å². The van der Waals surface area contributed by atoms with Gasteiger partial charge in [0.2, 0.25) is 21.8 Å². The summed E-state index contributed by atoms with van der Waals surface area (Å²) in [5.41, 5.74) is 1.03. The summed E-state index contributed by atoms with van der Waals surface area (Å²) in [7, 11) is -2.39. The predicted octanol–water partition coefficient (Wildman–Crippen LogP) is 4.35. The summed E-state index contributed by atoms with van der Waals surface area (Å²) in [4.78, 5) is 28.1. The van der Waals surface area contributed by atoms with Crippen molar-refractivity contribution >= 4 is 55.1 Å². The highest BCUT2D eigenvalue weighted by atomic mass is 79.9. The Morgan fingerprint density at radius 1 is 1.19 bits per heavy atom. The number of benzene rings is 2. The lowest BCUT2D eigenvalue weighted by Crippen LogP contribution is -2.52. The summed E-state index contributed by atoms with van der Waals surface area (Å²) in [6.07, 6.45) is 4.98. The Bertz CT molecular complexity index is 1200. The van der Waals surface area contributed by atoms with Crippen LogP contribution >= 0.6 is 27.5 Å². The molecule has 1 fully saturated rings. The Kier molecular flexibility index (Phi) is 9.66. The zero-order valence-electron chi connectivity index (χ0n) is 20.5. The van der Waals surface area contributed by atoms with E-state index < -0.39 is 28.5 Å². The number of sulfonamides is 1. The van der Waals surface area contributed by atoms with E-state index in [0.717, 1.165) is 46.3 Å². The highest BCUT2D eigenvalue weighted by Gasteiger charge is 2.31. The molecule has 36 heavy (non-hydrogen) atoms. The fourth-order valence-electron chi connectivity index (χ4n) is 4.23. The molecule has 2 amide bonds. The predicted molar refractivity (Wildman–Crippen MR) is 145 cm³/mol. The van der Waals surface area contributed by atoms with Gasteiger partial charge in [0.1, 0.15) is 18.3 Å². The molecule has 0 unspecified atom stereocenters. The van der Waals surface area contributed by atoms with E-state index in [0.29, 0.717) is 5.75 Å². The second kappa shape index (κ2) is 12.3. The fourth-order valence-corrected chi connectivity index (χ4v) is 5.77. The number of ether oxygens (including phenoxy) is 1. The van der Waals surface area contributed by atoms with Crippen molar-refractivity contribution in [3.63, 3.8) is 0 Å². The molecule has 1 atom stereocenters. The molecule has 0 radical (unpaired) electrons. The van der Waals surface area contributed by atoms with Gasteiger partial charge in [-0.15, -0.1) is 0 Å². The van der Waals surface area contributed by atoms with Crippen molar-refractivity contribution in [2.45, 2.75) is 51.2 Å². The number of amides is 2. The Labute approximate surface area is 226 Å². The van der Waals surface area contributed by atoms with Crippen molar-refractivity contribution in [3.05, 3.63) is 57.5 Å². The topological polar surface area (TPSA) is 96.0 Å². The van der Waals surface area contributed by atoms with Crippen molar-refractivity contribution in [1.29, 1.82) is 0 Å². The number of halogens is 2. The maximum atomic E-state index is 13.6. The van der Waals surface area contributed by atoms with Crippen LogP contribution in [-0.4, -0.2) is 57.1 Å². The summed E-state index contributed by atoms with van der Waals surface area (Å²) in [5, 5.41) is 3.26. The van der Waals surface area contributed by atoms with Gasteiger partial charge in [0.25, 0.3) is 0 Å². The third kappa shape index (κ3) is 7.36. The maximum Gasteiger partial charge on any atom is 0.244 e. The summed E-state index contributed by atoms with van der Waals surface area (Å²) in [6.45, 7) is 1.31. The van der Waals surface area contributed by atoms with Crippen LogP contribution in [0.3, 0.4) is 0 Å². The number of methoxy groups -OCH3 is 1. The molecule has 1 aliphatic carbocycles. The summed E-state index contributed by atoms with van der Waals surface area (Å²) in [5.74, 6) is -0.390. The average molecular weight is 601 g/mol. The van der Waals surface area contributed by atoms with Crippen molar-refractivity contribution in [2.24, 2.45) is 0 Å². The van der Waals surface area contributed by atoms with Crippen LogP contribution in [0.4, 0.5) is 5.69 Å². The molecular formula is C25H31BrClN3O5S. The molecule has 1 aliphatic rings. The van der Waals surface area contributed by atoms with E-state index in [1.807, 2.05) is 24.3 Å². The number of anilines is 1. The Morgan fingerprint density at radius 2 is 1.89 bits per heavy atom. The number of rotatable bonds is 10. The van der Waals surface area contributed by atoms with Crippen LogP contribution in [0.15, 0.2) is 46.9 Å². The summed E-state index contributed by atoms with van der Waals surface area (Å²) in [6, 6.07) is 11.2. The number of nitrogens with one attached hydrogen (secondary N) is 1. The summed E-state index contributed by atoms with van der Waals surface area (Å²) < 4.78 is 32.3. The van der Waals surface area contributed by atoms with Crippen LogP contribution in [0.1, 0.15) is 38.2 Å². The highest BCUT2D eigenvalue weighted by molar-refractivity contribution is 9.10. The van der Waals surface area contributed by atoms with Gasteiger partial charge in [-0.25, -0.2) is 8.42 Å². The van der Waals surface area contributed by atoms with Crippen LogP contribution < -0.4 is 14.4 Å². The van der Waals surface area contributed by atoms with Crippen molar-refractivity contribution in [1.82, 2.24) is 10.2 Å². The molecular weight excluding hydrogens is 570 g/mol. The van der Waals surface area contributed by atoms with E-state index in [1.165, 1.54) is 30.2 Å². The highest BCUT2D eigenvalue weighted by Crippen LogP contribution is 2.30. The minimum atomic E-state index is -3.85. The molecule has 0 spiro atoms. The number of hydrogen-bond acceptors (Lipinski definition) is 5. The second-order valence-electron chi connectivity index (χ2n) is 8.91.